The van der Waals surface area contributed by atoms with Gasteiger partial charge in [0.05, 0.1) is 28.3 Å². The van der Waals surface area contributed by atoms with Gasteiger partial charge in [-0.3, -0.25) is 0 Å². The van der Waals surface area contributed by atoms with Crippen molar-refractivity contribution in [1.82, 2.24) is 19.9 Å². The Morgan fingerprint density at radius 1 is 0.377 bits per heavy atom. The summed E-state index contributed by atoms with van der Waals surface area (Å²) in [6, 6.07) is 37.6. The molecule has 4 aromatic carbocycles. The molecule has 0 spiro atoms. The number of halogens is 5. The second-order valence-electron chi connectivity index (χ2n) is 12.7. The molecular formula is C44H25BrCl4N4. The second kappa shape index (κ2) is 13.8. The zero-order chi connectivity index (χ0) is 36.2. The maximum atomic E-state index is 6.39. The highest BCUT2D eigenvalue weighted by molar-refractivity contribution is 9.10. The van der Waals surface area contributed by atoms with Crippen molar-refractivity contribution >= 4 is 109 Å². The molecule has 0 fully saturated rings. The Bertz CT molecular complexity index is 2800. The van der Waals surface area contributed by atoms with Crippen molar-refractivity contribution in [3.63, 3.8) is 0 Å². The maximum Gasteiger partial charge on any atom is 0.0737 e. The summed E-state index contributed by atoms with van der Waals surface area (Å²) in [5.74, 6) is 0. The maximum absolute atomic E-state index is 6.39. The van der Waals surface area contributed by atoms with Gasteiger partial charge in [-0.25, -0.2) is 9.97 Å². The zero-order valence-electron chi connectivity index (χ0n) is 27.6. The van der Waals surface area contributed by atoms with E-state index < -0.39 is 0 Å². The first-order chi connectivity index (χ1) is 25.8. The Balaban J connectivity index is 1.49. The number of aromatic nitrogens is 4. The zero-order valence-corrected chi connectivity index (χ0v) is 32.2. The third kappa shape index (κ3) is 6.43. The van der Waals surface area contributed by atoms with Crippen molar-refractivity contribution in [2.24, 2.45) is 0 Å². The fourth-order valence-corrected chi connectivity index (χ4v) is 7.95. The van der Waals surface area contributed by atoms with E-state index in [9.17, 15) is 0 Å². The van der Waals surface area contributed by atoms with Crippen LogP contribution in [0.4, 0.5) is 0 Å². The lowest BCUT2D eigenvalue weighted by Crippen LogP contribution is -1.90. The van der Waals surface area contributed by atoms with E-state index in [2.05, 4.69) is 68.4 Å². The third-order valence-corrected chi connectivity index (χ3v) is 11.0. The van der Waals surface area contributed by atoms with Crippen LogP contribution in [0.1, 0.15) is 22.8 Å². The van der Waals surface area contributed by atoms with Crippen LogP contribution in [0.5, 0.6) is 0 Å². The number of nitrogens with zero attached hydrogens (tertiary/aromatic N) is 2. The summed E-state index contributed by atoms with van der Waals surface area (Å²) in [6.07, 6.45) is 8.24. The minimum absolute atomic E-state index is 0.650. The SMILES string of the molecule is Clc1ccc(-c2c3nc(c(-c4ccc(Cl)cc4)c4cc(Br)c([nH]4)c(-c4ccc(Cl)cc4)c4nc(c(-c5ccc(Cl)cc5)c5ccc2[nH]5)C=C4)C=C3)cc1. The summed E-state index contributed by atoms with van der Waals surface area (Å²) in [5, 5.41) is 2.61. The molecule has 0 radical (unpaired) electrons. The normalized spacial score (nSPS) is 12.1. The first-order valence-electron chi connectivity index (χ1n) is 16.7. The molecule has 0 aliphatic carbocycles. The van der Waals surface area contributed by atoms with Crippen LogP contribution >= 0.6 is 62.3 Å². The lowest BCUT2D eigenvalue weighted by atomic mass is 10.0. The largest absolute Gasteiger partial charge is 0.354 e. The minimum atomic E-state index is 0.650. The van der Waals surface area contributed by atoms with E-state index in [4.69, 9.17) is 56.4 Å². The molecule has 5 heterocycles. The molecule has 9 heteroatoms. The number of rotatable bonds is 4. The molecule has 2 aliphatic rings. The molecule has 3 aromatic heterocycles. The monoisotopic (exact) mass is 828 g/mol. The van der Waals surface area contributed by atoms with Crippen LogP contribution in [-0.2, 0) is 0 Å². The van der Waals surface area contributed by atoms with Gasteiger partial charge in [0.15, 0.2) is 0 Å². The van der Waals surface area contributed by atoms with Crippen molar-refractivity contribution in [3.05, 3.63) is 163 Å². The number of fused-ring (bicyclic) bond motifs is 8. The predicted molar refractivity (Wildman–Crippen MR) is 228 cm³/mol. The van der Waals surface area contributed by atoms with Gasteiger partial charge in [-0.05, 0) is 129 Å². The summed E-state index contributed by atoms with van der Waals surface area (Å²) in [5.41, 5.74) is 14.2. The van der Waals surface area contributed by atoms with E-state index in [1.165, 1.54) is 0 Å². The van der Waals surface area contributed by atoms with E-state index >= 15 is 0 Å². The van der Waals surface area contributed by atoms with Gasteiger partial charge in [0.25, 0.3) is 0 Å². The number of hydrogen-bond acceptors (Lipinski definition) is 2. The van der Waals surface area contributed by atoms with Gasteiger partial charge in [-0.2, -0.15) is 0 Å². The molecule has 4 nitrogen and oxygen atoms in total. The summed E-state index contributed by atoms with van der Waals surface area (Å²) >= 11 is 29.5. The molecule has 0 unspecified atom stereocenters. The van der Waals surface area contributed by atoms with Crippen LogP contribution < -0.4 is 0 Å². The van der Waals surface area contributed by atoms with Crippen molar-refractivity contribution in [1.29, 1.82) is 0 Å². The Hall–Kier alpha value is -4.88. The third-order valence-electron chi connectivity index (χ3n) is 9.35. The quantitative estimate of drug-likeness (QED) is 0.186. The van der Waals surface area contributed by atoms with Crippen LogP contribution in [0, 0.1) is 0 Å². The van der Waals surface area contributed by atoms with Crippen LogP contribution in [-0.4, -0.2) is 19.9 Å². The summed E-state index contributed by atoms with van der Waals surface area (Å²) in [4.78, 5) is 18.2. The molecule has 0 atom stereocenters. The lowest BCUT2D eigenvalue weighted by molar-refractivity contribution is 1.31. The standard InChI is InChI=1S/C44H25BrCl4N4/c45-32-23-39-42(26-5-13-30(48)14-6-26)37-20-19-35(51-37)40(24-1-9-28(46)10-2-24)33-17-18-34(50-33)41(25-3-11-29(47)12-4-25)36-21-22-38(52-36)43(44(32)53-39)27-7-15-31(49)16-8-27/h1-23,50,53H. The Labute approximate surface area is 333 Å². The fraction of sp³-hybridized carbons (Fsp3) is 0. The predicted octanol–water partition coefficient (Wildman–Crippen LogP) is 14.7. The van der Waals surface area contributed by atoms with Crippen molar-refractivity contribution in [2.75, 3.05) is 0 Å². The first kappa shape index (κ1) is 33.9. The van der Waals surface area contributed by atoms with Crippen molar-refractivity contribution in [3.8, 4) is 44.5 Å². The average molecular weight is 831 g/mol. The molecule has 2 N–H and O–H groups in total. The molecule has 7 aromatic rings. The molecule has 256 valence electrons. The Morgan fingerprint density at radius 2 is 0.698 bits per heavy atom. The first-order valence-corrected chi connectivity index (χ1v) is 19.0. The van der Waals surface area contributed by atoms with Gasteiger partial charge in [0.1, 0.15) is 0 Å². The number of hydrogen-bond donors (Lipinski definition) is 2. The fourth-order valence-electron chi connectivity index (χ4n) is 6.92. The summed E-state index contributed by atoms with van der Waals surface area (Å²) < 4.78 is 0.869. The molecule has 0 saturated carbocycles. The highest BCUT2D eigenvalue weighted by Crippen LogP contribution is 2.41. The van der Waals surface area contributed by atoms with E-state index in [-0.39, 0.29) is 0 Å². The highest BCUT2D eigenvalue weighted by atomic mass is 79.9. The van der Waals surface area contributed by atoms with Crippen molar-refractivity contribution in [2.45, 2.75) is 0 Å². The van der Waals surface area contributed by atoms with Crippen LogP contribution in [0.3, 0.4) is 0 Å². The van der Waals surface area contributed by atoms with Gasteiger partial charge in [0.2, 0.25) is 0 Å². The lowest BCUT2D eigenvalue weighted by Gasteiger charge is -2.07. The van der Waals surface area contributed by atoms with Gasteiger partial charge >= 0.3 is 0 Å². The summed E-state index contributed by atoms with van der Waals surface area (Å²) in [7, 11) is 0. The van der Waals surface area contributed by atoms with Crippen LogP contribution in [0.25, 0.3) is 90.9 Å². The molecule has 0 saturated heterocycles. The van der Waals surface area contributed by atoms with Crippen LogP contribution in [0.2, 0.25) is 20.1 Å². The van der Waals surface area contributed by atoms with E-state index in [0.717, 1.165) is 93.8 Å². The Kier molecular flexibility index (Phi) is 8.85. The average Bonchev–Trinajstić information content (AvgIpc) is 3.99. The summed E-state index contributed by atoms with van der Waals surface area (Å²) in [6.45, 7) is 0. The van der Waals surface area contributed by atoms with E-state index in [0.29, 0.717) is 20.1 Å². The topological polar surface area (TPSA) is 57.4 Å². The van der Waals surface area contributed by atoms with Gasteiger partial charge in [-0.15, -0.1) is 0 Å². The van der Waals surface area contributed by atoms with E-state index in [1.807, 2.05) is 97.1 Å². The van der Waals surface area contributed by atoms with E-state index in [1.54, 1.807) is 0 Å². The molecule has 9 rings (SSSR count). The minimum Gasteiger partial charge on any atom is -0.354 e. The Morgan fingerprint density at radius 3 is 1.08 bits per heavy atom. The number of aromatic amines is 2. The molecule has 0 amide bonds. The molecule has 2 aliphatic heterocycles. The van der Waals surface area contributed by atoms with Gasteiger partial charge in [0, 0.05) is 63.4 Å². The number of H-pyrrole nitrogens is 2. The smallest absolute Gasteiger partial charge is 0.0737 e. The number of benzene rings is 4. The number of nitrogens with one attached hydrogen (secondary N) is 2. The van der Waals surface area contributed by atoms with Crippen molar-refractivity contribution < 1.29 is 0 Å². The van der Waals surface area contributed by atoms with Crippen LogP contribution in [0.15, 0.2) is 120 Å². The second-order valence-corrected chi connectivity index (χ2v) is 15.3. The van der Waals surface area contributed by atoms with Gasteiger partial charge in [-0.1, -0.05) is 94.9 Å². The highest BCUT2D eigenvalue weighted by Gasteiger charge is 2.20. The molecule has 53 heavy (non-hydrogen) atoms. The molecule has 8 bridgehead atoms. The molecular weight excluding hydrogens is 806 g/mol. The van der Waals surface area contributed by atoms with Gasteiger partial charge < -0.3 is 9.97 Å².